The minimum absolute atomic E-state index is 0. The lowest BCUT2D eigenvalue weighted by Crippen LogP contribution is -2.47. The van der Waals surface area contributed by atoms with E-state index in [0.29, 0.717) is 0 Å². The number of aliphatic hydroxyl groups excluding tert-OH is 1. The van der Waals surface area contributed by atoms with Gasteiger partial charge in [-0.15, -0.1) is 12.4 Å². The first kappa shape index (κ1) is 19.7. The monoisotopic (exact) mass is 342 g/mol. The van der Waals surface area contributed by atoms with Crippen molar-refractivity contribution in [3.63, 3.8) is 0 Å². The van der Waals surface area contributed by atoms with Crippen molar-refractivity contribution in [2.24, 2.45) is 0 Å². The second-order valence-electron chi connectivity index (χ2n) is 6.00. The lowest BCUT2D eigenvalue weighted by atomic mass is 10.0. The molecule has 0 spiro atoms. The molecule has 1 fully saturated rings. The number of hydrogen-bond donors (Lipinski definition) is 3. The summed E-state index contributed by atoms with van der Waals surface area (Å²) in [5.41, 5.74) is 0.745. The van der Waals surface area contributed by atoms with E-state index in [9.17, 15) is 9.90 Å². The van der Waals surface area contributed by atoms with E-state index in [1.165, 1.54) is 0 Å². The quantitative estimate of drug-likeness (QED) is 0.741. The molecule has 0 aromatic heterocycles. The molecule has 1 aromatic rings. The fourth-order valence-electron chi connectivity index (χ4n) is 2.58. The molecule has 1 unspecified atom stereocenters. The van der Waals surface area contributed by atoms with E-state index in [-0.39, 0.29) is 37.0 Å². The molecule has 0 aliphatic carbocycles. The lowest BCUT2D eigenvalue weighted by Gasteiger charge is -2.23. The van der Waals surface area contributed by atoms with Crippen LogP contribution in [-0.4, -0.2) is 36.2 Å². The van der Waals surface area contributed by atoms with E-state index >= 15 is 0 Å². The van der Waals surface area contributed by atoms with Gasteiger partial charge in [-0.3, -0.25) is 4.79 Å². The van der Waals surface area contributed by atoms with E-state index < -0.39 is 6.10 Å². The molecule has 1 aromatic carbocycles. The normalized spacial score (nSPS) is 18.9. The maximum Gasteiger partial charge on any atom is 0.237 e. The van der Waals surface area contributed by atoms with Crippen LogP contribution >= 0.6 is 12.4 Å². The van der Waals surface area contributed by atoms with Gasteiger partial charge in [-0.05, 0) is 50.9 Å². The zero-order valence-corrected chi connectivity index (χ0v) is 14.6. The maximum atomic E-state index is 12.0. The summed E-state index contributed by atoms with van der Waals surface area (Å²) < 4.78 is 5.62. The van der Waals surface area contributed by atoms with Gasteiger partial charge in [0.25, 0.3) is 0 Å². The summed E-state index contributed by atoms with van der Waals surface area (Å²) in [6.45, 7) is 5.01. The first-order chi connectivity index (χ1) is 10.6. The van der Waals surface area contributed by atoms with Gasteiger partial charge in [0.05, 0.1) is 18.2 Å². The number of piperidine rings is 1. The Labute approximate surface area is 144 Å². The van der Waals surface area contributed by atoms with E-state index in [0.717, 1.165) is 37.1 Å². The zero-order valence-electron chi connectivity index (χ0n) is 13.7. The van der Waals surface area contributed by atoms with Crippen molar-refractivity contribution in [1.29, 1.82) is 0 Å². The highest BCUT2D eigenvalue weighted by atomic mass is 35.5. The molecular formula is C17H27ClN2O3. The average Bonchev–Trinajstić information content (AvgIpc) is 2.52. The number of benzene rings is 1. The Balaban J connectivity index is 0.00000264. The van der Waals surface area contributed by atoms with Gasteiger partial charge >= 0.3 is 0 Å². The minimum atomic E-state index is -0.733. The molecule has 1 heterocycles. The van der Waals surface area contributed by atoms with Crippen LogP contribution in [-0.2, 0) is 4.79 Å². The number of amides is 1. The van der Waals surface area contributed by atoms with Crippen LogP contribution in [0.1, 0.15) is 44.8 Å². The fraction of sp³-hybridized carbons (Fsp3) is 0.588. The molecule has 130 valence electrons. The Morgan fingerprint density at radius 2 is 2.22 bits per heavy atom. The van der Waals surface area contributed by atoms with Gasteiger partial charge in [-0.2, -0.15) is 0 Å². The molecule has 0 bridgehead atoms. The van der Waals surface area contributed by atoms with Crippen molar-refractivity contribution in [3.8, 4) is 5.75 Å². The molecule has 1 aliphatic heterocycles. The topological polar surface area (TPSA) is 70.6 Å². The smallest absolute Gasteiger partial charge is 0.237 e. The second-order valence-corrected chi connectivity index (χ2v) is 6.00. The van der Waals surface area contributed by atoms with E-state index in [1.54, 1.807) is 0 Å². The SMILES string of the molecule is CC(C)Oc1cccc(C(O)CNC(=O)[C@H]2CCCCN2)c1.Cl. The number of halogens is 1. The maximum absolute atomic E-state index is 12.0. The van der Waals surface area contributed by atoms with Crippen molar-refractivity contribution in [3.05, 3.63) is 29.8 Å². The van der Waals surface area contributed by atoms with Crippen LogP contribution in [0.25, 0.3) is 0 Å². The van der Waals surface area contributed by atoms with E-state index in [2.05, 4.69) is 10.6 Å². The van der Waals surface area contributed by atoms with Gasteiger partial charge in [0.1, 0.15) is 5.75 Å². The first-order valence-corrected chi connectivity index (χ1v) is 8.02. The van der Waals surface area contributed by atoms with Crippen molar-refractivity contribution in [2.75, 3.05) is 13.1 Å². The van der Waals surface area contributed by atoms with Crippen molar-refractivity contribution >= 4 is 18.3 Å². The highest BCUT2D eigenvalue weighted by Crippen LogP contribution is 2.20. The summed E-state index contributed by atoms with van der Waals surface area (Å²) >= 11 is 0. The number of rotatable bonds is 6. The van der Waals surface area contributed by atoms with E-state index in [1.807, 2.05) is 38.1 Å². The molecule has 3 N–H and O–H groups in total. The fourth-order valence-corrected chi connectivity index (χ4v) is 2.58. The molecule has 23 heavy (non-hydrogen) atoms. The third-order valence-corrected chi connectivity index (χ3v) is 3.71. The minimum Gasteiger partial charge on any atom is -0.491 e. The zero-order chi connectivity index (χ0) is 15.9. The second kappa shape index (κ2) is 9.75. The van der Waals surface area contributed by atoms with Crippen LogP contribution in [0.4, 0.5) is 0 Å². The summed E-state index contributed by atoms with van der Waals surface area (Å²) in [5, 5.41) is 16.3. The molecule has 6 heteroatoms. The third-order valence-electron chi connectivity index (χ3n) is 3.71. The van der Waals surface area contributed by atoms with Gasteiger partial charge < -0.3 is 20.5 Å². The first-order valence-electron chi connectivity index (χ1n) is 8.02. The van der Waals surface area contributed by atoms with Crippen molar-refractivity contribution in [2.45, 2.75) is 51.4 Å². The largest absolute Gasteiger partial charge is 0.491 e. The van der Waals surface area contributed by atoms with Crippen molar-refractivity contribution in [1.82, 2.24) is 10.6 Å². The van der Waals surface area contributed by atoms with Gasteiger partial charge in [0.2, 0.25) is 5.91 Å². The summed E-state index contributed by atoms with van der Waals surface area (Å²) in [6.07, 6.45) is 2.41. The molecule has 1 amide bonds. The van der Waals surface area contributed by atoms with Crippen LogP contribution in [0, 0.1) is 0 Å². The molecule has 1 aliphatic rings. The molecule has 2 atom stereocenters. The van der Waals surface area contributed by atoms with Gasteiger partial charge in [0.15, 0.2) is 0 Å². The summed E-state index contributed by atoms with van der Waals surface area (Å²) in [5.74, 6) is 0.695. The summed E-state index contributed by atoms with van der Waals surface area (Å²) in [7, 11) is 0. The van der Waals surface area contributed by atoms with Crippen LogP contribution in [0.3, 0.4) is 0 Å². The Morgan fingerprint density at radius 3 is 2.87 bits per heavy atom. The van der Waals surface area contributed by atoms with Crippen LogP contribution in [0.5, 0.6) is 5.75 Å². The Hall–Kier alpha value is -1.30. The standard InChI is InChI=1S/C17H26N2O3.ClH/c1-12(2)22-14-7-5-6-13(10-14)16(20)11-19-17(21)15-8-3-4-9-18-15;/h5-7,10,12,15-16,18,20H,3-4,8-9,11H2,1-2H3,(H,19,21);1H/t15-,16?;/m1./s1. The Bertz CT molecular complexity index is 490. The van der Waals surface area contributed by atoms with Crippen LogP contribution < -0.4 is 15.4 Å². The molecule has 2 rings (SSSR count). The highest BCUT2D eigenvalue weighted by Gasteiger charge is 2.21. The predicted octanol–water partition coefficient (Wildman–Crippen LogP) is 2.19. The molecule has 5 nitrogen and oxygen atoms in total. The van der Waals surface area contributed by atoms with Crippen LogP contribution in [0.2, 0.25) is 0 Å². The highest BCUT2D eigenvalue weighted by molar-refractivity contribution is 5.85. The number of aliphatic hydroxyl groups is 1. The number of nitrogens with one attached hydrogen (secondary N) is 2. The van der Waals surface area contributed by atoms with Crippen LogP contribution in [0.15, 0.2) is 24.3 Å². The molecule has 1 saturated heterocycles. The summed E-state index contributed by atoms with van der Waals surface area (Å²) in [6, 6.07) is 7.23. The predicted molar refractivity (Wildman–Crippen MR) is 93.1 cm³/mol. The number of ether oxygens (including phenoxy) is 1. The molecular weight excluding hydrogens is 316 g/mol. The number of carbonyl (C=O) groups is 1. The Kier molecular flexibility index (Phi) is 8.37. The van der Waals surface area contributed by atoms with Gasteiger partial charge in [-0.1, -0.05) is 18.6 Å². The summed E-state index contributed by atoms with van der Waals surface area (Å²) in [4.78, 5) is 12.0. The van der Waals surface area contributed by atoms with Gasteiger partial charge in [-0.25, -0.2) is 0 Å². The van der Waals surface area contributed by atoms with Gasteiger partial charge in [0, 0.05) is 6.54 Å². The number of carbonyl (C=O) groups excluding carboxylic acids is 1. The van der Waals surface area contributed by atoms with Crippen molar-refractivity contribution < 1.29 is 14.6 Å². The average molecular weight is 343 g/mol. The lowest BCUT2D eigenvalue weighted by molar-refractivity contribution is -0.124. The van der Waals surface area contributed by atoms with E-state index in [4.69, 9.17) is 4.74 Å². The third kappa shape index (κ3) is 6.37. The molecule has 0 radical (unpaired) electrons. The molecule has 0 saturated carbocycles. The Morgan fingerprint density at radius 1 is 1.43 bits per heavy atom. The number of hydrogen-bond acceptors (Lipinski definition) is 4.